The number of halogens is 2. The van der Waals surface area contributed by atoms with E-state index in [1.54, 1.807) is 19.1 Å². The van der Waals surface area contributed by atoms with Gasteiger partial charge in [0.25, 0.3) is 5.15 Å². The fraction of sp³-hybridized carbons (Fsp3) is 0.167. The highest BCUT2D eigenvalue weighted by Gasteiger charge is 2.05. The number of aryl methyl sites for hydroxylation is 1. The van der Waals surface area contributed by atoms with Crippen LogP contribution in [0.3, 0.4) is 0 Å². The molecule has 0 spiro atoms. The summed E-state index contributed by atoms with van der Waals surface area (Å²) in [6, 6.07) is 3.26. The number of hydrogen-bond acceptors (Lipinski definition) is 1. The molecule has 0 fully saturated rings. The van der Waals surface area contributed by atoms with Crippen LogP contribution in [-0.2, 0) is 0 Å². The van der Waals surface area contributed by atoms with E-state index in [0.29, 0.717) is 10.4 Å². The van der Waals surface area contributed by atoms with Gasteiger partial charge in [0.05, 0.1) is 0 Å². The van der Waals surface area contributed by atoms with Crippen LogP contribution in [0.4, 0.5) is 0 Å². The Morgan fingerprint density at radius 3 is 2.70 bits per heavy atom. The van der Waals surface area contributed by atoms with E-state index in [-0.39, 0.29) is 5.15 Å². The van der Waals surface area contributed by atoms with Crippen LogP contribution >= 0.6 is 27.5 Å². The minimum atomic E-state index is 0.187. The summed E-state index contributed by atoms with van der Waals surface area (Å²) in [5.74, 6) is 0. The predicted octanol–water partition coefficient (Wildman–Crippen LogP) is 2.04. The third kappa shape index (κ3) is 1.41. The summed E-state index contributed by atoms with van der Waals surface area (Å²) in [7, 11) is 0. The molecule has 0 atom stereocenters. The molecule has 10 heavy (non-hydrogen) atoms. The molecule has 0 aromatic carbocycles. The van der Waals surface area contributed by atoms with Gasteiger partial charge < -0.3 is 5.21 Å². The summed E-state index contributed by atoms with van der Waals surface area (Å²) in [6.07, 6.45) is 0. The highest BCUT2D eigenvalue weighted by Crippen LogP contribution is 2.13. The average Bonchev–Trinajstić information content (AvgIpc) is 1.82. The van der Waals surface area contributed by atoms with Crippen molar-refractivity contribution in [2.75, 3.05) is 0 Å². The zero-order valence-corrected chi connectivity index (χ0v) is 7.61. The number of pyridine rings is 1. The van der Waals surface area contributed by atoms with Gasteiger partial charge in [-0.15, -0.1) is 0 Å². The van der Waals surface area contributed by atoms with Crippen molar-refractivity contribution in [2.45, 2.75) is 6.92 Å². The molecule has 0 saturated carbocycles. The van der Waals surface area contributed by atoms with Crippen LogP contribution in [-0.4, -0.2) is 0 Å². The fourth-order valence-corrected chi connectivity index (χ4v) is 1.57. The number of hydrogen-bond donors (Lipinski definition) is 0. The normalized spacial score (nSPS) is 9.90. The molecule has 1 heterocycles. The van der Waals surface area contributed by atoms with E-state index >= 15 is 0 Å². The Hall–Kier alpha value is -0.280. The molecule has 1 aromatic rings. The molecule has 0 aliphatic heterocycles. The Kier molecular flexibility index (Phi) is 2.16. The molecule has 1 rings (SSSR count). The number of rotatable bonds is 0. The third-order valence-corrected chi connectivity index (χ3v) is 1.84. The molecule has 0 saturated heterocycles. The summed E-state index contributed by atoms with van der Waals surface area (Å²) in [5.41, 5.74) is 0.583. The lowest BCUT2D eigenvalue weighted by Crippen LogP contribution is -2.30. The Labute approximate surface area is 72.1 Å². The van der Waals surface area contributed by atoms with E-state index in [9.17, 15) is 5.21 Å². The van der Waals surface area contributed by atoms with Crippen molar-refractivity contribution in [1.82, 2.24) is 0 Å². The molecule has 1 aromatic heterocycles. The first-order valence-corrected chi connectivity index (χ1v) is 3.83. The second-order valence-corrected chi connectivity index (χ2v) is 3.23. The summed E-state index contributed by atoms with van der Waals surface area (Å²) in [5, 5.41) is 11.1. The zero-order chi connectivity index (χ0) is 7.72. The molecular formula is C6H5BrClNO. The van der Waals surface area contributed by atoms with Crippen LogP contribution in [0.25, 0.3) is 0 Å². The van der Waals surface area contributed by atoms with Crippen LogP contribution in [0.15, 0.2) is 16.6 Å². The van der Waals surface area contributed by atoms with Crippen LogP contribution in [0.2, 0.25) is 5.15 Å². The first-order valence-electron chi connectivity index (χ1n) is 2.66. The minimum Gasteiger partial charge on any atom is -0.617 e. The smallest absolute Gasteiger partial charge is 0.287 e. The standard InChI is InChI=1S/C6H5BrClNO/c1-4-2-5(7)3-6(8)9(4)10/h2-3H,1H3. The molecule has 0 N–H and O–H groups in total. The van der Waals surface area contributed by atoms with Crippen molar-refractivity contribution in [3.8, 4) is 0 Å². The van der Waals surface area contributed by atoms with Crippen molar-refractivity contribution >= 4 is 27.5 Å². The van der Waals surface area contributed by atoms with Crippen LogP contribution in [0.1, 0.15) is 5.69 Å². The van der Waals surface area contributed by atoms with Crippen molar-refractivity contribution < 1.29 is 4.73 Å². The summed E-state index contributed by atoms with van der Waals surface area (Å²) in [6.45, 7) is 1.70. The van der Waals surface area contributed by atoms with Gasteiger partial charge in [-0.2, -0.15) is 4.73 Å². The molecule has 0 amide bonds. The first-order chi connectivity index (χ1) is 4.61. The van der Waals surface area contributed by atoms with Crippen molar-refractivity contribution in [1.29, 1.82) is 0 Å². The lowest BCUT2D eigenvalue weighted by atomic mass is 10.4. The lowest BCUT2D eigenvalue weighted by Gasteiger charge is -2.01. The van der Waals surface area contributed by atoms with Gasteiger partial charge in [-0.1, -0.05) is 15.9 Å². The second-order valence-electron chi connectivity index (χ2n) is 1.93. The van der Waals surface area contributed by atoms with Crippen LogP contribution < -0.4 is 4.73 Å². The molecule has 0 bridgehead atoms. The van der Waals surface area contributed by atoms with Gasteiger partial charge in [0, 0.05) is 23.5 Å². The van der Waals surface area contributed by atoms with E-state index in [2.05, 4.69) is 15.9 Å². The maximum absolute atomic E-state index is 10.9. The molecule has 0 radical (unpaired) electrons. The molecular weight excluding hydrogens is 217 g/mol. The maximum Gasteiger partial charge on any atom is 0.287 e. The molecule has 0 aliphatic rings. The predicted molar refractivity (Wildman–Crippen MR) is 42.8 cm³/mol. The lowest BCUT2D eigenvalue weighted by molar-refractivity contribution is -0.610. The quantitative estimate of drug-likeness (QED) is 0.375. The van der Waals surface area contributed by atoms with Gasteiger partial charge in [0.1, 0.15) is 0 Å². The monoisotopic (exact) mass is 221 g/mol. The van der Waals surface area contributed by atoms with E-state index in [1.807, 2.05) is 0 Å². The average molecular weight is 222 g/mol. The van der Waals surface area contributed by atoms with Crippen LogP contribution in [0, 0.1) is 12.1 Å². The van der Waals surface area contributed by atoms with Crippen molar-refractivity contribution in [3.05, 3.63) is 32.7 Å². The van der Waals surface area contributed by atoms with E-state index in [0.717, 1.165) is 4.47 Å². The Balaban J connectivity index is 3.31. The van der Waals surface area contributed by atoms with Gasteiger partial charge in [-0.05, 0) is 11.6 Å². The summed E-state index contributed by atoms with van der Waals surface area (Å²) < 4.78 is 1.49. The molecule has 54 valence electrons. The Bertz CT molecular complexity index is 241. The maximum atomic E-state index is 10.9. The van der Waals surface area contributed by atoms with Crippen LogP contribution in [0.5, 0.6) is 0 Å². The zero-order valence-electron chi connectivity index (χ0n) is 5.27. The summed E-state index contributed by atoms with van der Waals surface area (Å²) in [4.78, 5) is 0. The van der Waals surface area contributed by atoms with Gasteiger partial charge in [0.15, 0.2) is 5.69 Å². The van der Waals surface area contributed by atoms with Gasteiger partial charge in [-0.25, -0.2) is 0 Å². The summed E-state index contributed by atoms with van der Waals surface area (Å²) >= 11 is 8.75. The largest absolute Gasteiger partial charge is 0.617 e. The van der Waals surface area contributed by atoms with Gasteiger partial charge in [0.2, 0.25) is 0 Å². The fourth-order valence-electron chi connectivity index (χ4n) is 0.641. The third-order valence-electron chi connectivity index (χ3n) is 1.12. The SMILES string of the molecule is Cc1cc(Br)cc(Cl)[n+]1[O-]. The number of nitrogens with zero attached hydrogens (tertiary/aromatic N) is 1. The molecule has 0 aliphatic carbocycles. The Morgan fingerprint density at radius 2 is 2.20 bits per heavy atom. The van der Waals surface area contributed by atoms with Crippen molar-refractivity contribution in [2.24, 2.45) is 0 Å². The van der Waals surface area contributed by atoms with E-state index < -0.39 is 0 Å². The topological polar surface area (TPSA) is 26.9 Å². The first kappa shape index (κ1) is 7.82. The van der Waals surface area contributed by atoms with Gasteiger partial charge in [-0.3, -0.25) is 0 Å². The second kappa shape index (κ2) is 2.76. The van der Waals surface area contributed by atoms with Gasteiger partial charge >= 0.3 is 0 Å². The molecule has 0 unspecified atom stereocenters. The highest BCUT2D eigenvalue weighted by atomic mass is 79.9. The number of aromatic nitrogens is 1. The van der Waals surface area contributed by atoms with E-state index in [4.69, 9.17) is 11.6 Å². The molecule has 4 heteroatoms. The molecule has 2 nitrogen and oxygen atoms in total. The Morgan fingerprint density at radius 1 is 1.60 bits per heavy atom. The van der Waals surface area contributed by atoms with Crippen molar-refractivity contribution in [3.63, 3.8) is 0 Å². The minimum absolute atomic E-state index is 0.187. The highest BCUT2D eigenvalue weighted by molar-refractivity contribution is 9.10. The van der Waals surface area contributed by atoms with E-state index in [1.165, 1.54) is 0 Å².